The molecule has 0 aromatic carbocycles. The maximum atomic E-state index is 5.85. The lowest BCUT2D eigenvalue weighted by Gasteiger charge is -2.24. The van der Waals surface area contributed by atoms with Gasteiger partial charge in [-0.15, -0.1) is 0 Å². The van der Waals surface area contributed by atoms with Gasteiger partial charge < -0.3 is 14.8 Å². The Balaban J connectivity index is 2.07. The molecule has 16 heavy (non-hydrogen) atoms. The average molecular weight is 243 g/mol. The van der Waals surface area contributed by atoms with E-state index in [4.69, 9.17) is 21.1 Å². The number of hydrogen-bond acceptors (Lipinski definition) is 4. The highest BCUT2D eigenvalue weighted by Gasteiger charge is 2.17. The van der Waals surface area contributed by atoms with Crippen LogP contribution in [0.15, 0.2) is 12.1 Å². The van der Waals surface area contributed by atoms with Crippen LogP contribution >= 0.6 is 11.6 Å². The minimum Gasteiger partial charge on any atom is -0.485 e. The second-order valence-electron chi connectivity index (χ2n) is 3.71. The number of aromatic nitrogens is 1. The zero-order valence-corrected chi connectivity index (χ0v) is 9.96. The molecule has 1 N–H and O–H groups in total. The largest absolute Gasteiger partial charge is 0.485 e. The van der Waals surface area contributed by atoms with Crippen molar-refractivity contribution in [2.24, 2.45) is 0 Å². The van der Waals surface area contributed by atoms with Gasteiger partial charge in [0.1, 0.15) is 11.3 Å². The molecular weight excluding hydrogens is 228 g/mol. The molecule has 5 heteroatoms. The summed E-state index contributed by atoms with van der Waals surface area (Å²) in [5, 5.41) is 3.70. The van der Waals surface area contributed by atoms with E-state index in [1.54, 1.807) is 19.2 Å². The molecule has 0 bridgehead atoms. The molecule has 2 heterocycles. The summed E-state index contributed by atoms with van der Waals surface area (Å²) >= 11 is 5.78. The van der Waals surface area contributed by atoms with Crippen molar-refractivity contribution in [2.45, 2.75) is 18.9 Å². The van der Waals surface area contributed by atoms with Crippen LogP contribution in [0.4, 0.5) is 0 Å². The number of pyridine rings is 1. The molecule has 0 aliphatic carbocycles. The Labute approximate surface area is 99.9 Å². The Kier molecular flexibility index (Phi) is 3.85. The fraction of sp³-hybridized carbons (Fsp3) is 0.545. The lowest BCUT2D eigenvalue weighted by Crippen LogP contribution is -2.34. The van der Waals surface area contributed by atoms with Crippen LogP contribution in [0.3, 0.4) is 0 Å². The first-order valence-electron chi connectivity index (χ1n) is 5.37. The van der Waals surface area contributed by atoms with Crippen molar-refractivity contribution >= 4 is 11.6 Å². The van der Waals surface area contributed by atoms with Crippen LogP contribution in [0.5, 0.6) is 11.6 Å². The van der Waals surface area contributed by atoms with E-state index in [0.29, 0.717) is 16.8 Å². The van der Waals surface area contributed by atoms with Crippen LogP contribution in [0.25, 0.3) is 0 Å². The van der Waals surface area contributed by atoms with Gasteiger partial charge in [0.2, 0.25) is 0 Å². The summed E-state index contributed by atoms with van der Waals surface area (Å²) in [5.41, 5.74) is 0. The smallest absolute Gasteiger partial charge is 0.258 e. The quantitative estimate of drug-likeness (QED) is 0.822. The van der Waals surface area contributed by atoms with E-state index in [-0.39, 0.29) is 6.10 Å². The summed E-state index contributed by atoms with van der Waals surface area (Å²) in [6.45, 7) is 1.99. The van der Waals surface area contributed by atoms with Gasteiger partial charge in [-0.05, 0) is 38.1 Å². The summed E-state index contributed by atoms with van der Waals surface area (Å²) in [6, 6.07) is 3.51. The van der Waals surface area contributed by atoms with Gasteiger partial charge >= 0.3 is 0 Å². The van der Waals surface area contributed by atoms with Crippen LogP contribution in [-0.4, -0.2) is 31.3 Å². The second-order valence-corrected chi connectivity index (χ2v) is 4.10. The predicted octanol–water partition coefficient (Wildman–Crippen LogP) is 1.87. The van der Waals surface area contributed by atoms with E-state index in [1.165, 1.54) is 0 Å². The molecule has 1 fully saturated rings. The van der Waals surface area contributed by atoms with Crippen LogP contribution in [0.1, 0.15) is 12.8 Å². The molecule has 0 unspecified atom stereocenters. The predicted molar refractivity (Wildman–Crippen MR) is 62.3 cm³/mol. The molecule has 1 aromatic heterocycles. The van der Waals surface area contributed by atoms with Crippen molar-refractivity contribution in [1.82, 2.24) is 10.3 Å². The molecule has 0 atom stereocenters. The first-order valence-corrected chi connectivity index (χ1v) is 5.75. The van der Waals surface area contributed by atoms with E-state index >= 15 is 0 Å². The number of methoxy groups -OCH3 is 1. The van der Waals surface area contributed by atoms with Gasteiger partial charge in [-0.25, -0.2) is 0 Å². The molecule has 0 radical (unpaired) electrons. The van der Waals surface area contributed by atoms with Crippen molar-refractivity contribution in [3.63, 3.8) is 0 Å². The highest BCUT2D eigenvalue weighted by molar-refractivity contribution is 6.29. The number of ether oxygens (including phenoxy) is 2. The zero-order valence-electron chi connectivity index (χ0n) is 9.20. The standard InChI is InChI=1S/C11H15ClN2O2/c1-15-11-9(2-3-10(12)14-11)16-8-4-6-13-7-5-8/h2-3,8,13H,4-7H2,1H3. The van der Waals surface area contributed by atoms with E-state index in [1.807, 2.05) is 0 Å². The van der Waals surface area contributed by atoms with Gasteiger partial charge in [-0.1, -0.05) is 11.6 Å². The molecule has 1 saturated heterocycles. The normalized spacial score (nSPS) is 17.1. The zero-order chi connectivity index (χ0) is 11.4. The van der Waals surface area contributed by atoms with Crippen molar-refractivity contribution in [1.29, 1.82) is 0 Å². The third-order valence-electron chi connectivity index (χ3n) is 2.56. The lowest BCUT2D eigenvalue weighted by atomic mass is 10.1. The highest BCUT2D eigenvalue weighted by atomic mass is 35.5. The number of hydrogen-bond donors (Lipinski definition) is 1. The summed E-state index contributed by atoms with van der Waals surface area (Å²) < 4.78 is 11.0. The Morgan fingerprint density at radius 3 is 2.81 bits per heavy atom. The maximum absolute atomic E-state index is 5.85. The third-order valence-corrected chi connectivity index (χ3v) is 2.78. The van der Waals surface area contributed by atoms with Crippen molar-refractivity contribution < 1.29 is 9.47 Å². The van der Waals surface area contributed by atoms with Gasteiger partial charge in [-0.2, -0.15) is 4.98 Å². The lowest BCUT2D eigenvalue weighted by molar-refractivity contribution is 0.155. The molecule has 88 valence electrons. The minimum atomic E-state index is 0.234. The van der Waals surface area contributed by atoms with E-state index in [9.17, 15) is 0 Å². The van der Waals surface area contributed by atoms with Gasteiger partial charge in [0.05, 0.1) is 7.11 Å². The van der Waals surface area contributed by atoms with Crippen LogP contribution < -0.4 is 14.8 Å². The van der Waals surface area contributed by atoms with Crippen LogP contribution in [0.2, 0.25) is 5.15 Å². The summed E-state index contributed by atoms with van der Waals surface area (Å²) in [4.78, 5) is 4.06. The number of halogens is 1. The Hall–Kier alpha value is -1.00. The Bertz CT molecular complexity index is 354. The topological polar surface area (TPSA) is 43.4 Å². The molecule has 1 aliphatic rings. The molecule has 0 spiro atoms. The summed E-state index contributed by atoms with van der Waals surface area (Å²) in [5.74, 6) is 1.12. The molecule has 0 amide bonds. The Morgan fingerprint density at radius 2 is 2.12 bits per heavy atom. The van der Waals surface area contributed by atoms with Gasteiger partial charge in [0, 0.05) is 0 Å². The average Bonchev–Trinajstić information content (AvgIpc) is 2.33. The highest BCUT2D eigenvalue weighted by Crippen LogP contribution is 2.28. The van der Waals surface area contributed by atoms with Gasteiger partial charge in [-0.3, -0.25) is 0 Å². The minimum absolute atomic E-state index is 0.234. The SMILES string of the molecule is COc1nc(Cl)ccc1OC1CCNCC1. The summed E-state index contributed by atoms with van der Waals surface area (Å²) in [6.07, 6.45) is 2.25. The summed E-state index contributed by atoms with van der Waals surface area (Å²) in [7, 11) is 1.56. The molecule has 2 rings (SSSR count). The third kappa shape index (κ3) is 2.77. The van der Waals surface area contributed by atoms with Crippen molar-refractivity contribution in [2.75, 3.05) is 20.2 Å². The second kappa shape index (κ2) is 5.37. The van der Waals surface area contributed by atoms with E-state index in [0.717, 1.165) is 25.9 Å². The number of nitrogens with zero attached hydrogens (tertiary/aromatic N) is 1. The number of piperidine rings is 1. The van der Waals surface area contributed by atoms with E-state index < -0.39 is 0 Å². The Morgan fingerprint density at radius 1 is 1.38 bits per heavy atom. The number of nitrogens with one attached hydrogen (secondary N) is 1. The first-order chi connectivity index (χ1) is 7.79. The van der Waals surface area contributed by atoms with Crippen molar-refractivity contribution in [3.05, 3.63) is 17.3 Å². The van der Waals surface area contributed by atoms with E-state index in [2.05, 4.69) is 10.3 Å². The van der Waals surface area contributed by atoms with Crippen LogP contribution in [0, 0.1) is 0 Å². The molecule has 4 nitrogen and oxygen atoms in total. The van der Waals surface area contributed by atoms with Crippen LogP contribution in [-0.2, 0) is 0 Å². The van der Waals surface area contributed by atoms with Gasteiger partial charge in [0.25, 0.3) is 5.88 Å². The van der Waals surface area contributed by atoms with Crippen molar-refractivity contribution in [3.8, 4) is 11.6 Å². The molecule has 0 saturated carbocycles. The fourth-order valence-electron chi connectivity index (χ4n) is 1.73. The monoisotopic (exact) mass is 242 g/mol. The molecule has 1 aromatic rings. The maximum Gasteiger partial charge on any atom is 0.258 e. The first kappa shape index (κ1) is 11.5. The van der Waals surface area contributed by atoms with Gasteiger partial charge in [0.15, 0.2) is 5.75 Å². The fourth-order valence-corrected chi connectivity index (χ4v) is 1.87. The number of rotatable bonds is 3. The molecule has 1 aliphatic heterocycles. The molecular formula is C11H15ClN2O2.